The lowest BCUT2D eigenvalue weighted by atomic mass is 10.2. The molecule has 0 fully saturated rings. The van der Waals surface area contributed by atoms with E-state index in [-0.39, 0.29) is 6.54 Å². The first-order valence-electron chi connectivity index (χ1n) is 8.88. The molecular formula is C18H17ClF3N7S. The molecule has 0 saturated carbocycles. The predicted octanol–water partition coefficient (Wildman–Crippen LogP) is 3.92. The van der Waals surface area contributed by atoms with Crippen molar-refractivity contribution in [3.05, 3.63) is 64.6 Å². The van der Waals surface area contributed by atoms with Gasteiger partial charge in [-0.15, -0.1) is 0 Å². The second-order valence-corrected chi connectivity index (χ2v) is 8.23. The molecule has 0 aliphatic carbocycles. The van der Waals surface area contributed by atoms with Crippen molar-refractivity contribution in [3.63, 3.8) is 0 Å². The number of hydrazone groups is 1. The van der Waals surface area contributed by atoms with Crippen LogP contribution in [-0.4, -0.2) is 30.1 Å². The summed E-state index contributed by atoms with van der Waals surface area (Å²) >= 11 is 7.44. The number of aromatic nitrogens is 4. The molecule has 1 aliphatic rings. The molecule has 2 aromatic heterocycles. The monoisotopic (exact) mass is 455 g/mol. The molecule has 0 amide bonds. The topological polar surface area (TPSA) is 77.3 Å². The number of hydrogen-bond acceptors (Lipinski definition) is 6. The maximum atomic E-state index is 12.9. The van der Waals surface area contributed by atoms with E-state index in [0.29, 0.717) is 28.1 Å². The van der Waals surface area contributed by atoms with Gasteiger partial charge < -0.3 is 5.73 Å². The van der Waals surface area contributed by atoms with E-state index in [1.165, 1.54) is 21.5 Å². The molecule has 3 heterocycles. The predicted molar refractivity (Wildman–Crippen MR) is 110 cm³/mol. The number of anilines is 1. The SMILES string of the molecule is Cc1cc(C(F)(F)F)nn1CC1=NN(c2ccn(Cc3ccccc3Cl)n2)C(N)S1. The van der Waals surface area contributed by atoms with E-state index in [4.69, 9.17) is 17.3 Å². The smallest absolute Gasteiger partial charge is 0.301 e. The van der Waals surface area contributed by atoms with Crippen LogP contribution in [0.1, 0.15) is 17.0 Å². The van der Waals surface area contributed by atoms with Crippen LogP contribution in [-0.2, 0) is 19.3 Å². The van der Waals surface area contributed by atoms with E-state index in [9.17, 15) is 13.2 Å². The Bertz CT molecular complexity index is 1090. The molecule has 158 valence electrons. The number of alkyl halides is 3. The van der Waals surface area contributed by atoms with Crippen molar-refractivity contribution in [2.45, 2.75) is 31.7 Å². The zero-order valence-corrected chi connectivity index (χ0v) is 17.3. The van der Waals surface area contributed by atoms with E-state index in [1.807, 2.05) is 24.3 Å². The summed E-state index contributed by atoms with van der Waals surface area (Å²) in [6.45, 7) is 2.15. The first-order valence-corrected chi connectivity index (χ1v) is 10.1. The number of halogens is 4. The normalized spacial score (nSPS) is 16.9. The van der Waals surface area contributed by atoms with Gasteiger partial charge in [-0.3, -0.25) is 9.36 Å². The fourth-order valence-electron chi connectivity index (χ4n) is 2.94. The van der Waals surface area contributed by atoms with E-state index >= 15 is 0 Å². The molecule has 0 saturated heterocycles. The van der Waals surface area contributed by atoms with Crippen molar-refractivity contribution >= 4 is 34.2 Å². The van der Waals surface area contributed by atoms with Gasteiger partial charge in [0.2, 0.25) is 0 Å². The molecule has 30 heavy (non-hydrogen) atoms. The van der Waals surface area contributed by atoms with Gasteiger partial charge in [0.1, 0.15) is 5.04 Å². The van der Waals surface area contributed by atoms with E-state index in [0.717, 1.165) is 11.6 Å². The highest BCUT2D eigenvalue weighted by atomic mass is 35.5. The Labute approximate surface area is 179 Å². The summed E-state index contributed by atoms with van der Waals surface area (Å²) in [6, 6.07) is 10.3. The molecule has 2 N–H and O–H groups in total. The molecule has 1 unspecified atom stereocenters. The summed E-state index contributed by atoms with van der Waals surface area (Å²) < 4.78 is 41.6. The second kappa shape index (κ2) is 7.97. The first-order chi connectivity index (χ1) is 14.2. The molecule has 1 atom stereocenters. The van der Waals surface area contributed by atoms with Gasteiger partial charge in [0.05, 0.1) is 13.1 Å². The van der Waals surface area contributed by atoms with E-state index < -0.39 is 17.4 Å². The van der Waals surface area contributed by atoms with Crippen molar-refractivity contribution in [1.29, 1.82) is 0 Å². The van der Waals surface area contributed by atoms with Gasteiger partial charge in [-0.25, -0.2) is 5.01 Å². The first kappa shape index (κ1) is 20.8. The minimum Gasteiger partial charge on any atom is -0.301 e. The van der Waals surface area contributed by atoms with Crippen LogP contribution in [0.3, 0.4) is 0 Å². The lowest BCUT2D eigenvalue weighted by molar-refractivity contribution is -0.141. The van der Waals surface area contributed by atoms with Gasteiger partial charge >= 0.3 is 6.18 Å². The van der Waals surface area contributed by atoms with Gasteiger partial charge in [-0.1, -0.05) is 41.6 Å². The second-order valence-electron chi connectivity index (χ2n) is 6.64. The van der Waals surface area contributed by atoms with Crippen LogP contribution in [0, 0.1) is 6.92 Å². The number of hydrogen-bond donors (Lipinski definition) is 1. The number of nitrogens with two attached hydrogens (primary N) is 1. The van der Waals surface area contributed by atoms with Crippen LogP contribution in [0.25, 0.3) is 0 Å². The summed E-state index contributed by atoms with van der Waals surface area (Å²) in [5.41, 5.74) is 5.99. The number of rotatable bonds is 5. The fourth-order valence-corrected chi connectivity index (χ4v) is 4.00. The van der Waals surface area contributed by atoms with Gasteiger partial charge in [0, 0.05) is 23.0 Å². The van der Waals surface area contributed by atoms with E-state index in [2.05, 4.69) is 15.3 Å². The molecule has 0 spiro atoms. The molecule has 1 aromatic carbocycles. The molecule has 3 aromatic rings. The average molecular weight is 456 g/mol. The Morgan fingerprint density at radius 1 is 1.17 bits per heavy atom. The van der Waals surface area contributed by atoms with Gasteiger partial charge in [-0.05, 0) is 24.6 Å². The van der Waals surface area contributed by atoms with E-state index in [1.54, 1.807) is 23.9 Å². The van der Waals surface area contributed by atoms with Gasteiger partial charge in [0.25, 0.3) is 0 Å². The minimum atomic E-state index is -4.49. The summed E-state index contributed by atoms with van der Waals surface area (Å²) in [4.78, 5) is 0. The molecule has 4 rings (SSSR count). The van der Waals surface area contributed by atoms with Crippen molar-refractivity contribution in [1.82, 2.24) is 19.6 Å². The molecular weight excluding hydrogens is 439 g/mol. The highest BCUT2D eigenvalue weighted by molar-refractivity contribution is 8.14. The molecule has 0 radical (unpaired) electrons. The van der Waals surface area contributed by atoms with Crippen LogP contribution < -0.4 is 10.7 Å². The van der Waals surface area contributed by atoms with Crippen molar-refractivity contribution in [3.8, 4) is 0 Å². The van der Waals surface area contributed by atoms with Crippen LogP contribution in [0.15, 0.2) is 47.7 Å². The Kier molecular flexibility index (Phi) is 5.51. The van der Waals surface area contributed by atoms with Gasteiger partial charge in [0.15, 0.2) is 17.0 Å². The zero-order valence-electron chi connectivity index (χ0n) is 15.7. The Balaban J connectivity index is 1.49. The summed E-state index contributed by atoms with van der Waals surface area (Å²) in [6.07, 6.45) is -2.70. The number of nitrogens with zero attached hydrogens (tertiary/aromatic N) is 6. The number of thioether (sulfide) groups is 1. The van der Waals surface area contributed by atoms with Crippen LogP contribution in [0.4, 0.5) is 19.0 Å². The van der Waals surface area contributed by atoms with Crippen LogP contribution in [0.5, 0.6) is 0 Å². The molecule has 0 bridgehead atoms. The summed E-state index contributed by atoms with van der Waals surface area (Å²) in [7, 11) is 0. The maximum absolute atomic E-state index is 12.9. The summed E-state index contributed by atoms with van der Waals surface area (Å²) in [5, 5.41) is 15.3. The third-order valence-electron chi connectivity index (χ3n) is 4.43. The van der Waals surface area contributed by atoms with Crippen molar-refractivity contribution in [2.75, 3.05) is 5.01 Å². The van der Waals surface area contributed by atoms with Gasteiger partial charge in [-0.2, -0.15) is 28.5 Å². The Morgan fingerprint density at radius 3 is 2.63 bits per heavy atom. The molecule has 7 nitrogen and oxygen atoms in total. The quantitative estimate of drug-likeness (QED) is 0.631. The number of aryl methyl sites for hydroxylation is 1. The third kappa shape index (κ3) is 4.32. The minimum absolute atomic E-state index is 0.0944. The average Bonchev–Trinajstić information content (AvgIpc) is 3.37. The molecule has 1 aliphatic heterocycles. The van der Waals surface area contributed by atoms with Crippen molar-refractivity contribution in [2.24, 2.45) is 10.8 Å². The molecule has 12 heteroatoms. The third-order valence-corrected chi connectivity index (χ3v) is 5.72. The number of benzene rings is 1. The largest absolute Gasteiger partial charge is 0.435 e. The highest BCUT2D eigenvalue weighted by Crippen LogP contribution is 2.31. The summed E-state index contributed by atoms with van der Waals surface area (Å²) in [5.74, 6) is 0.533. The van der Waals surface area contributed by atoms with Crippen LogP contribution >= 0.6 is 23.4 Å². The highest BCUT2D eigenvalue weighted by Gasteiger charge is 2.35. The fraction of sp³-hybridized carbons (Fsp3) is 0.278. The maximum Gasteiger partial charge on any atom is 0.435 e. The standard InChI is InChI=1S/C18H17ClF3N7S/c1-11-8-14(18(20,21)22)24-28(11)10-16-26-29(17(23)30-16)15-6-7-27(25-15)9-12-4-2-3-5-13(12)19/h2-8,17H,9-10,23H2,1H3. The van der Waals surface area contributed by atoms with Crippen molar-refractivity contribution < 1.29 is 13.2 Å². The zero-order chi connectivity index (χ0) is 21.5. The van der Waals surface area contributed by atoms with Crippen LogP contribution in [0.2, 0.25) is 5.02 Å². The Morgan fingerprint density at radius 2 is 1.93 bits per heavy atom. The lowest BCUT2D eigenvalue weighted by Crippen LogP contribution is -2.32. The lowest BCUT2D eigenvalue weighted by Gasteiger charge is -2.15. The Hall–Kier alpha value is -2.50.